The van der Waals surface area contributed by atoms with Crippen LogP contribution in [0.2, 0.25) is 0 Å². The van der Waals surface area contributed by atoms with Crippen LogP contribution >= 0.6 is 27.3 Å². The predicted molar refractivity (Wildman–Crippen MR) is 68.2 cm³/mol. The van der Waals surface area contributed by atoms with Gasteiger partial charge in [0.1, 0.15) is 5.75 Å². The molecule has 0 N–H and O–H groups in total. The van der Waals surface area contributed by atoms with Gasteiger partial charge in [-0.05, 0) is 44.8 Å². The molecule has 16 heavy (non-hydrogen) atoms. The van der Waals surface area contributed by atoms with Crippen molar-refractivity contribution in [2.45, 2.75) is 19.8 Å². The molecule has 0 aliphatic heterocycles. The molecule has 0 saturated heterocycles. The first kappa shape index (κ1) is 11.5. The summed E-state index contributed by atoms with van der Waals surface area (Å²) < 4.78 is 6.43. The molecule has 0 bridgehead atoms. The zero-order chi connectivity index (χ0) is 11.5. The van der Waals surface area contributed by atoms with Crippen molar-refractivity contribution in [2.75, 3.05) is 0 Å². The Balaban J connectivity index is 2.27. The molecular formula is C11H11BrN2OS. The van der Waals surface area contributed by atoms with E-state index < -0.39 is 0 Å². The number of ether oxygens (including phenoxy) is 1. The van der Waals surface area contributed by atoms with E-state index in [4.69, 9.17) is 4.74 Å². The minimum Gasteiger partial charge on any atom is -0.429 e. The van der Waals surface area contributed by atoms with Gasteiger partial charge in [-0.2, -0.15) is 0 Å². The summed E-state index contributed by atoms with van der Waals surface area (Å²) in [7, 11) is 0. The number of rotatable bonds is 3. The lowest BCUT2D eigenvalue weighted by molar-refractivity contribution is 0.464. The van der Waals surface area contributed by atoms with Crippen molar-refractivity contribution in [3.8, 4) is 10.9 Å². The van der Waals surface area contributed by atoms with E-state index in [2.05, 4.69) is 46.0 Å². The molecule has 2 aromatic rings. The Morgan fingerprint density at radius 3 is 2.62 bits per heavy atom. The molecule has 0 atom stereocenters. The number of benzene rings is 1. The zero-order valence-corrected chi connectivity index (χ0v) is 11.4. The number of para-hydroxylation sites is 1. The third-order valence-electron chi connectivity index (χ3n) is 2.12. The van der Waals surface area contributed by atoms with Gasteiger partial charge in [0, 0.05) is 0 Å². The van der Waals surface area contributed by atoms with Crippen LogP contribution in [-0.4, -0.2) is 10.2 Å². The van der Waals surface area contributed by atoms with Crippen LogP contribution in [0.15, 0.2) is 28.2 Å². The van der Waals surface area contributed by atoms with Gasteiger partial charge in [-0.3, -0.25) is 0 Å². The molecule has 0 fully saturated rings. The van der Waals surface area contributed by atoms with Gasteiger partial charge < -0.3 is 4.74 Å². The average molecular weight is 299 g/mol. The second-order valence-corrected chi connectivity index (χ2v) is 5.83. The van der Waals surface area contributed by atoms with E-state index in [-0.39, 0.29) is 0 Å². The maximum atomic E-state index is 5.71. The van der Waals surface area contributed by atoms with Gasteiger partial charge in [-0.15, -0.1) is 5.10 Å². The number of halogens is 1. The van der Waals surface area contributed by atoms with Gasteiger partial charge in [0.15, 0.2) is 3.92 Å². The molecule has 1 heterocycles. The van der Waals surface area contributed by atoms with Crippen LogP contribution in [0.1, 0.15) is 25.3 Å². The molecule has 0 aliphatic carbocycles. The topological polar surface area (TPSA) is 35.0 Å². The van der Waals surface area contributed by atoms with Crippen LogP contribution in [0.25, 0.3) is 0 Å². The second-order valence-electron chi connectivity index (χ2n) is 3.62. The molecule has 0 aliphatic rings. The second kappa shape index (κ2) is 4.93. The summed E-state index contributed by atoms with van der Waals surface area (Å²) in [6, 6.07) is 7.98. The average Bonchev–Trinajstić information content (AvgIpc) is 2.64. The van der Waals surface area contributed by atoms with Gasteiger partial charge in [0.2, 0.25) is 0 Å². The first-order valence-corrected chi connectivity index (χ1v) is 6.53. The SMILES string of the molecule is CC(C)c1ccccc1Oc1nnc(Br)s1. The standard InChI is InChI=1S/C11H11BrN2OS/c1-7(2)8-5-3-4-6-9(8)15-11-14-13-10(12)16-11/h3-7H,1-2H3. The minimum atomic E-state index is 0.424. The molecule has 84 valence electrons. The van der Waals surface area contributed by atoms with Crippen LogP contribution in [-0.2, 0) is 0 Å². The van der Waals surface area contributed by atoms with E-state index in [1.54, 1.807) is 0 Å². The van der Waals surface area contributed by atoms with Crippen molar-refractivity contribution < 1.29 is 4.74 Å². The summed E-state index contributed by atoms with van der Waals surface area (Å²) in [5.41, 5.74) is 1.17. The van der Waals surface area contributed by atoms with E-state index in [0.29, 0.717) is 11.1 Å². The van der Waals surface area contributed by atoms with Gasteiger partial charge in [-0.1, -0.05) is 37.1 Å². The summed E-state index contributed by atoms with van der Waals surface area (Å²) in [4.78, 5) is 0. The predicted octanol–water partition coefficient (Wildman–Crippen LogP) is 4.22. The van der Waals surface area contributed by atoms with Crippen molar-refractivity contribution >= 4 is 27.3 Å². The molecular weight excluding hydrogens is 288 g/mol. The number of aromatic nitrogens is 2. The van der Waals surface area contributed by atoms with Crippen LogP contribution in [0.5, 0.6) is 10.9 Å². The third kappa shape index (κ3) is 2.59. The highest BCUT2D eigenvalue weighted by Crippen LogP contribution is 2.32. The van der Waals surface area contributed by atoms with E-state index in [9.17, 15) is 0 Å². The van der Waals surface area contributed by atoms with Crippen LogP contribution < -0.4 is 4.74 Å². The van der Waals surface area contributed by atoms with Gasteiger partial charge in [0.05, 0.1) is 0 Å². The summed E-state index contributed by atoms with van der Waals surface area (Å²) in [6.45, 7) is 4.27. The fourth-order valence-corrected chi connectivity index (χ4v) is 2.31. The lowest BCUT2D eigenvalue weighted by atomic mass is 10.0. The van der Waals surface area contributed by atoms with E-state index in [1.807, 2.05) is 18.2 Å². The highest BCUT2D eigenvalue weighted by Gasteiger charge is 2.10. The van der Waals surface area contributed by atoms with Crippen LogP contribution in [0.3, 0.4) is 0 Å². The van der Waals surface area contributed by atoms with E-state index >= 15 is 0 Å². The zero-order valence-electron chi connectivity index (χ0n) is 8.98. The van der Waals surface area contributed by atoms with Crippen molar-refractivity contribution in [3.63, 3.8) is 0 Å². The first-order valence-electron chi connectivity index (χ1n) is 4.92. The summed E-state index contributed by atoms with van der Waals surface area (Å²) in [5.74, 6) is 1.27. The van der Waals surface area contributed by atoms with Crippen molar-refractivity contribution in [3.05, 3.63) is 33.7 Å². The Kier molecular flexibility index (Phi) is 3.56. The van der Waals surface area contributed by atoms with Crippen molar-refractivity contribution in [1.29, 1.82) is 0 Å². The highest BCUT2D eigenvalue weighted by molar-refractivity contribution is 9.11. The third-order valence-corrected chi connectivity index (χ3v) is 3.35. The quantitative estimate of drug-likeness (QED) is 0.851. The molecule has 0 spiro atoms. The van der Waals surface area contributed by atoms with Crippen molar-refractivity contribution in [2.24, 2.45) is 0 Å². The lowest BCUT2D eigenvalue weighted by Gasteiger charge is -2.10. The number of hydrogen-bond acceptors (Lipinski definition) is 4. The highest BCUT2D eigenvalue weighted by atomic mass is 79.9. The molecule has 0 amide bonds. The molecule has 1 aromatic carbocycles. The number of hydrogen-bond donors (Lipinski definition) is 0. The maximum absolute atomic E-state index is 5.71. The summed E-state index contributed by atoms with van der Waals surface area (Å²) in [6.07, 6.45) is 0. The molecule has 5 heteroatoms. The smallest absolute Gasteiger partial charge is 0.300 e. The van der Waals surface area contributed by atoms with Gasteiger partial charge in [-0.25, -0.2) is 0 Å². The molecule has 1 aromatic heterocycles. The Morgan fingerprint density at radius 1 is 1.25 bits per heavy atom. The fourth-order valence-electron chi connectivity index (χ4n) is 1.38. The normalized spacial score (nSPS) is 10.8. The summed E-state index contributed by atoms with van der Waals surface area (Å²) >= 11 is 4.63. The Bertz CT molecular complexity index is 484. The van der Waals surface area contributed by atoms with Gasteiger partial charge >= 0.3 is 0 Å². The Labute approximate surface area is 107 Å². The maximum Gasteiger partial charge on any atom is 0.300 e. The van der Waals surface area contributed by atoms with Crippen molar-refractivity contribution in [1.82, 2.24) is 10.2 Å². The molecule has 0 unspecified atom stereocenters. The van der Waals surface area contributed by atoms with Gasteiger partial charge in [0.25, 0.3) is 5.19 Å². The summed E-state index contributed by atoms with van der Waals surface area (Å²) in [5, 5.41) is 8.31. The monoisotopic (exact) mass is 298 g/mol. The Hall–Kier alpha value is -0.940. The van der Waals surface area contributed by atoms with E-state index in [0.717, 1.165) is 9.67 Å². The Morgan fingerprint density at radius 2 is 2.00 bits per heavy atom. The van der Waals surface area contributed by atoms with Crippen LogP contribution in [0.4, 0.5) is 0 Å². The van der Waals surface area contributed by atoms with Crippen LogP contribution in [0, 0.1) is 0 Å². The molecule has 0 radical (unpaired) electrons. The lowest BCUT2D eigenvalue weighted by Crippen LogP contribution is -1.93. The largest absolute Gasteiger partial charge is 0.429 e. The molecule has 2 rings (SSSR count). The van der Waals surface area contributed by atoms with E-state index in [1.165, 1.54) is 16.9 Å². The minimum absolute atomic E-state index is 0.424. The molecule has 0 saturated carbocycles. The number of nitrogens with zero attached hydrogens (tertiary/aromatic N) is 2. The fraction of sp³-hybridized carbons (Fsp3) is 0.273. The first-order chi connectivity index (χ1) is 7.66. The molecule has 3 nitrogen and oxygen atoms in total.